The smallest absolute Gasteiger partial charge is 0.265 e. The molecule has 1 amide bonds. The number of aromatic nitrogens is 1. The van der Waals surface area contributed by atoms with Crippen LogP contribution in [0.25, 0.3) is 0 Å². The lowest BCUT2D eigenvalue weighted by molar-refractivity contribution is 0.0952. The fourth-order valence-electron chi connectivity index (χ4n) is 0.674. The van der Waals surface area contributed by atoms with Gasteiger partial charge >= 0.3 is 0 Å². The molecule has 1 heterocycles. The first-order valence-electron chi connectivity index (χ1n) is 3.44. The van der Waals surface area contributed by atoms with Gasteiger partial charge in [0.1, 0.15) is 10.9 Å². The van der Waals surface area contributed by atoms with Crippen molar-refractivity contribution in [3.8, 4) is 6.07 Å². The van der Waals surface area contributed by atoms with Gasteiger partial charge in [0.2, 0.25) is 0 Å². The summed E-state index contributed by atoms with van der Waals surface area (Å²) in [7, 11) is 0. The van der Waals surface area contributed by atoms with E-state index in [0.717, 1.165) is 11.3 Å². The first kappa shape index (κ1) is 9.96. The minimum absolute atomic E-state index is 0.174. The number of amides is 1. The third kappa shape index (κ3) is 2.41. The summed E-state index contributed by atoms with van der Waals surface area (Å²) < 4.78 is 0. The van der Waals surface area contributed by atoms with Crippen LogP contribution in [-0.4, -0.2) is 16.9 Å². The summed E-state index contributed by atoms with van der Waals surface area (Å²) >= 11 is 6.76. The van der Waals surface area contributed by atoms with E-state index in [-0.39, 0.29) is 11.1 Å². The lowest BCUT2D eigenvalue weighted by atomic mass is 10.3. The lowest BCUT2D eigenvalue weighted by Crippen LogP contribution is -2.30. The van der Waals surface area contributed by atoms with Crippen LogP contribution in [0.2, 0.25) is 5.15 Å². The van der Waals surface area contributed by atoms with E-state index in [1.807, 2.05) is 6.07 Å². The van der Waals surface area contributed by atoms with Crippen molar-refractivity contribution < 1.29 is 4.79 Å². The zero-order valence-electron chi connectivity index (χ0n) is 6.74. The van der Waals surface area contributed by atoms with Gasteiger partial charge in [-0.05, 0) is 6.92 Å². The lowest BCUT2D eigenvalue weighted by Gasteiger charge is -2.03. The second kappa shape index (κ2) is 4.21. The molecule has 0 bridgehead atoms. The van der Waals surface area contributed by atoms with Crippen molar-refractivity contribution in [2.45, 2.75) is 13.0 Å². The van der Waals surface area contributed by atoms with Crippen molar-refractivity contribution in [2.24, 2.45) is 0 Å². The van der Waals surface area contributed by atoms with Gasteiger partial charge in [-0.1, -0.05) is 11.6 Å². The van der Waals surface area contributed by atoms with Crippen molar-refractivity contribution in [2.75, 3.05) is 0 Å². The fraction of sp³-hybridized carbons (Fsp3) is 0.286. The molecule has 0 aromatic carbocycles. The van der Waals surface area contributed by atoms with Crippen LogP contribution in [0.3, 0.4) is 0 Å². The van der Waals surface area contributed by atoms with Crippen LogP contribution in [0.15, 0.2) is 5.51 Å². The Morgan fingerprint density at radius 2 is 2.62 bits per heavy atom. The Morgan fingerprint density at radius 3 is 3.08 bits per heavy atom. The van der Waals surface area contributed by atoms with E-state index in [2.05, 4.69) is 10.3 Å². The molecule has 68 valence electrons. The fourth-order valence-corrected chi connectivity index (χ4v) is 1.58. The van der Waals surface area contributed by atoms with E-state index < -0.39 is 6.04 Å². The second-order valence-electron chi connectivity index (χ2n) is 2.30. The maximum Gasteiger partial charge on any atom is 0.265 e. The Balaban J connectivity index is 2.71. The Morgan fingerprint density at radius 1 is 1.92 bits per heavy atom. The number of hydrogen-bond donors (Lipinski definition) is 1. The second-order valence-corrected chi connectivity index (χ2v) is 3.51. The van der Waals surface area contributed by atoms with E-state index in [0.29, 0.717) is 4.88 Å². The molecule has 0 aliphatic rings. The van der Waals surface area contributed by atoms with Crippen molar-refractivity contribution in [1.82, 2.24) is 10.3 Å². The summed E-state index contributed by atoms with van der Waals surface area (Å²) in [4.78, 5) is 15.4. The molecule has 0 spiro atoms. The molecule has 0 radical (unpaired) electrons. The highest BCUT2D eigenvalue weighted by Gasteiger charge is 2.14. The molecular weight excluding hydrogens is 210 g/mol. The third-order valence-corrected chi connectivity index (χ3v) is 2.50. The van der Waals surface area contributed by atoms with E-state index in [1.165, 1.54) is 5.51 Å². The summed E-state index contributed by atoms with van der Waals surface area (Å²) in [6.45, 7) is 1.59. The topological polar surface area (TPSA) is 65.8 Å². The zero-order valence-corrected chi connectivity index (χ0v) is 8.32. The van der Waals surface area contributed by atoms with E-state index in [9.17, 15) is 4.79 Å². The summed E-state index contributed by atoms with van der Waals surface area (Å²) in [6.07, 6.45) is 0. The minimum Gasteiger partial charge on any atom is -0.336 e. The normalized spacial score (nSPS) is 11.8. The number of nitriles is 1. The number of rotatable bonds is 2. The molecule has 0 saturated carbocycles. The van der Waals surface area contributed by atoms with Crippen LogP contribution < -0.4 is 5.32 Å². The highest BCUT2D eigenvalue weighted by molar-refractivity contribution is 7.12. The average Bonchev–Trinajstić information content (AvgIpc) is 2.51. The number of nitrogens with one attached hydrogen (secondary N) is 1. The SMILES string of the molecule is C[C@@H](C#N)NC(=O)c1scnc1Cl. The third-order valence-electron chi connectivity index (χ3n) is 1.27. The van der Waals surface area contributed by atoms with Gasteiger partial charge in [0, 0.05) is 0 Å². The summed E-state index contributed by atoms with van der Waals surface area (Å²) in [5.41, 5.74) is 1.48. The van der Waals surface area contributed by atoms with Crippen LogP contribution >= 0.6 is 22.9 Å². The molecule has 0 unspecified atom stereocenters. The average molecular weight is 216 g/mol. The van der Waals surface area contributed by atoms with Crippen LogP contribution in [0.4, 0.5) is 0 Å². The molecule has 6 heteroatoms. The van der Waals surface area contributed by atoms with E-state index in [4.69, 9.17) is 16.9 Å². The number of nitrogens with zero attached hydrogens (tertiary/aromatic N) is 2. The van der Waals surface area contributed by atoms with Gasteiger partial charge in [-0.25, -0.2) is 4.98 Å². The Hall–Kier alpha value is -1.12. The van der Waals surface area contributed by atoms with Crippen LogP contribution in [-0.2, 0) is 0 Å². The minimum atomic E-state index is -0.523. The van der Waals surface area contributed by atoms with Gasteiger partial charge in [-0.3, -0.25) is 4.79 Å². The van der Waals surface area contributed by atoms with Crippen molar-refractivity contribution in [3.63, 3.8) is 0 Å². The first-order valence-corrected chi connectivity index (χ1v) is 4.70. The molecule has 1 aromatic rings. The van der Waals surface area contributed by atoms with Crippen molar-refractivity contribution >= 4 is 28.8 Å². The van der Waals surface area contributed by atoms with Gasteiger partial charge in [0.25, 0.3) is 5.91 Å². The number of carbonyl (C=O) groups is 1. The van der Waals surface area contributed by atoms with E-state index >= 15 is 0 Å². The Bertz CT molecular complexity index is 357. The summed E-state index contributed by atoms with van der Waals surface area (Å²) in [5, 5.41) is 11.1. The van der Waals surface area contributed by atoms with Crippen LogP contribution in [0, 0.1) is 11.3 Å². The highest BCUT2D eigenvalue weighted by atomic mass is 35.5. The Labute approximate surface area is 84.2 Å². The number of halogens is 1. The number of thiazole rings is 1. The molecule has 1 rings (SSSR count). The monoisotopic (exact) mass is 215 g/mol. The van der Waals surface area contributed by atoms with Gasteiger partial charge in [-0.2, -0.15) is 5.26 Å². The summed E-state index contributed by atoms with van der Waals surface area (Å²) in [6, 6.07) is 1.36. The molecular formula is C7H6ClN3OS. The van der Waals surface area contributed by atoms with Gasteiger partial charge in [0.05, 0.1) is 11.6 Å². The highest BCUT2D eigenvalue weighted by Crippen LogP contribution is 2.17. The van der Waals surface area contributed by atoms with Gasteiger partial charge in [0.15, 0.2) is 5.15 Å². The molecule has 0 fully saturated rings. The van der Waals surface area contributed by atoms with Crippen LogP contribution in [0.5, 0.6) is 0 Å². The molecule has 1 atom stereocenters. The van der Waals surface area contributed by atoms with Crippen molar-refractivity contribution in [3.05, 3.63) is 15.5 Å². The van der Waals surface area contributed by atoms with E-state index in [1.54, 1.807) is 6.92 Å². The molecule has 1 aromatic heterocycles. The standard InChI is InChI=1S/C7H6ClN3OS/c1-4(2-9)11-7(12)5-6(8)10-3-13-5/h3-4H,1H3,(H,11,12)/t4-/m0/s1. The summed E-state index contributed by atoms with van der Waals surface area (Å²) in [5.74, 6) is -0.360. The number of hydrogen-bond acceptors (Lipinski definition) is 4. The van der Waals surface area contributed by atoms with Gasteiger partial charge in [-0.15, -0.1) is 11.3 Å². The van der Waals surface area contributed by atoms with Crippen LogP contribution in [0.1, 0.15) is 16.6 Å². The zero-order chi connectivity index (χ0) is 9.84. The molecule has 4 nitrogen and oxygen atoms in total. The molecule has 1 N–H and O–H groups in total. The quantitative estimate of drug-likeness (QED) is 0.812. The maximum atomic E-state index is 11.3. The predicted octanol–water partition coefficient (Wildman–Crippen LogP) is 1.44. The Kier molecular flexibility index (Phi) is 3.23. The number of carbonyl (C=O) groups excluding carboxylic acids is 1. The van der Waals surface area contributed by atoms with Gasteiger partial charge < -0.3 is 5.32 Å². The largest absolute Gasteiger partial charge is 0.336 e. The molecule has 0 aliphatic heterocycles. The molecule has 0 saturated heterocycles. The van der Waals surface area contributed by atoms with Crippen molar-refractivity contribution in [1.29, 1.82) is 5.26 Å². The molecule has 13 heavy (non-hydrogen) atoms. The first-order chi connectivity index (χ1) is 6.15. The maximum absolute atomic E-state index is 11.3. The molecule has 0 aliphatic carbocycles. The predicted molar refractivity (Wildman–Crippen MR) is 49.7 cm³/mol.